The van der Waals surface area contributed by atoms with E-state index in [4.69, 9.17) is 14.2 Å². The van der Waals surface area contributed by atoms with Crippen molar-refractivity contribution in [2.24, 2.45) is 0 Å². The van der Waals surface area contributed by atoms with Gasteiger partial charge >= 0.3 is 0 Å². The van der Waals surface area contributed by atoms with Gasteiger partial charge in [-0.05, 0) is 49.9 Å². The van der Waals surface area contributed by atoms with E-state index in [0.717, 1.165) is 76.5 Å². The maximum Gasteiger partial charge on any atom is 0.215 e. The molecule has 7 nitrogen and oxygen atoms in total. The zero-order valence-corrected chi connectivity index (χ0v) is 17.9. The van der Waals surface area contributed by atoms with Gasteiger partial charge in [0.15, 0.2) is 11.6 Å². The molecule has 7 heteroatoms. The van der Waals surface area contributed by atoms with Crippen LogP contribution in [0.25, 0.3) is 0 Å². The third-order valence-electron chi connectivity index (χ3n) is 6.06. The van der Waals surface area contributed by atoms with Gasteiger partial charge < -0.3 is 24.4 Å². The van der Waals surface area contributed by atoms with Crippen molar-refractivity contribution in [3.05, 3.63) is 48.4 Å². The summed E-state index contributed by atoms with van der Waals surface area (Å²) in [5.74, 6) is 3.17. The van der Waals surface area contributed by atoms with Crippen LogP contribution in [0.3, 0.4) is 0 Å². The SMILES string of the molecule is C1=COc2ccc(OCCCCN3CCN(c4cccc5c4OCCC5)CC3)nc2N1. The van der Waals surface area contributed by atoms with Crippen LogP contribution in [0.15, 0.2) is 42.8 Å². The second-order valence-corrected chi connectivity index (χ2v) is 8.16. The molecule has 0 bridgehead atoms. The number of nitrogens with zero attached hydrogens (tertiary/aromatic N) is 3. The van der Waals surface area contributed by atoms with Gasteiger partial charge in [0.1, 0.15) is 12.0 Å². The highest BCUT2D eigenvalue weighted by Crippen LogP contribution is 2.36. The Morgan fingerprint density at radius 2 is 2.00 bits per heavy atom. The number of ether oxygens (including phenoxy) is 3. The largest absolute Gasteiger partial charge is 0.491 e. The Morgan fingerprint density at radius 3 is 2.94 bits per heavy atom. The number of rotatable bonds is 7. The molecule has 31 heavy (non-hydrogen) atoms. The maximum absolute atomic E-state index is 6.01. The van der Waals surface area contributed by atoms with Crippen molar-refractivity contribution in [3.8, 4) is 17.4 Å². The molecule has 1 aromatic carbocycles. The minimum Gasteiger partial charge on any atom is -0.491 e. The molecule has 3 aliphatic heterocycles. The Balaban J connectivity index is 1.03. The van der Waals surface area contributed by atoms with Gasteiger partial charge in [0.05, 0.1) is 18.9 Å². The van der Waals surface area contributed by atoms with Crippen LogP contribution in [0.5, 0.6) is 17.4 Å². The second kappa shape index (κ2) is 9.47. The number of piperazine rings is 1. The van der Waals surface area contributed by atoms with Crippen LogP contribution in [0.4, 0.5) is 11.5 Å². The van der Waals surface area contributed by atoms with E-state index in [1.54, 1.807) is 12.5 Å². The average molecular weight is 423 g/mol. The zero-order chi connectivity index (χ0) is 20.9. The highest BCUT2D eigenvalue weighted by Gasteiger charge is 2.22. The number of nitrogens with one attached hydrogen (secondary N) is 1. The molecule has 0 radical (unpaired) electrons. The summed E-state index contributed by atoms with van der Waals surface area (Å²) in [6, 6.07) is 10.3. The first kappa shape index (κ1) is 20.0. The number of hydrogen-bond acceptors (Lipinski definition) is 7. The summed E-state index contributed by atoms with van der Waals surface area (Å²) in [5, 5.41) is 3.06. The molecule has 0 unspecified atom stereocenters. The highest BCUT2D eigenvalue weighted by molar-refractivity contribution is 5.63. The number of benzene rings is 1. The Morgan fingerprint density at radius 1 is 1.06 bits per heavy atom. The van der Waals surface area contributed by atoms with Crippen molar-refractivity contribution in [2.75, 3.05) is 56.2 Å². The molecule has 0 atom stereocenters. The average Bonchev–Trinajstić information content (AvgIpc) is 2.84. The number of unbranched alkanes of at least 4 members (excludes halogenated alkanes) is 1. The minimum absolute atomic E-state index is 0.632. The Bertz CT molecular complexity index is 925. The molecule has 3 aliphatic rings. The third kappa shape index (κ3) is 4.71. The van der Waals surface area contributed by atoms with Gasteiger partial charge in [0.25, 0.3) is 0 Å². The lowest BCUT2D eigenvalue weighted by atomic mass is 10.0. The van der Waals surface area contributed by atoms with Gasteiger partial charge in [0, 0.05) is 38.4 Å². The van der Waals surface area contributed by atoms with Crippen LogP contribution < -0.4 is 24.4 Å². The highest BCUT2D eigenvalue weighted by atomic mass is 16.5. The van der Waals surface area contributed by atoms with E-state index < -0.39 is 0 Å². The Labute approximate surface area is 183 Å². The number of anilines is 2. The summed E-state index contributed by atoms with van der Waals surface area (Å²) in [6.07, 6.45) is 7.72. The summed E-state index contributed by atoms with van der Waals surface area (Å²) >= 11 is 0. The van der Waals surface area contributed by atoms with Gasteiger partial charge in [-0.15, -0.1) is 0 Å². The molecule has 4 heterocycles. The van der Waals surface area contributed by atoms with Crippen LogP contribution in [0.2, 0.25) is 0 Å². The molecule has 1 fully saturated rings. The van der Waals surface area contributed by atoms with E-state index in [2.05, 4.69) is 38.3 Å². The lowest BCUT2D eigenvalue weighted by Gasteiger charge is -2.37. The Kier molecular flexibility index (Phi) is 6.11. The summed E-state index contributed by atoms with van der Waals surface area (Å²) in [6.45, 7) is 6.92. The van der Waals surface area contributed by atoms with E-state index in [-0.39, 0.29) is 0 Å². The van der Waals surface area contributed by atoms with Gasteiger partial charge in [0.2, 0.25) is 5.88 Å². The van der Waals surface area contributed by atoms with Gasteiger partial charge in [-0.2, -0.15) is 4.98 Å². The smallest absolute Gasteiger partial charge is 0.215 e. The molecule has 1 saturated heterocycles. The maximum atomic E-state index is 6.01. The van der Waals surface area contributed by atoms with Crippen LogP contribution in [0, 0.1) is 0 Å². The molecular weight excluding hydrogens is 392 g/mol. The molecule has 5 rings (SSSR count). The summed E-state index contributed by atoms with van der Waals surface area (Å²) in [4.78, 5) is 9.47. The van der Waals surface area contributed by atoms with E-state index in [9.17, 15) is 0 Å². The van der Waals surface area contributed by atoms with Crippen LogP contribution >= 0.6 is 0 Å². The van der Waals surface area contributed by atoms with E-state index in [1.165, 1.54) is 11.3 Å². The molecule has 0 saturated carbocycles. The fourth-order valence-corrected chi connectivity index (χ4v) is 4.37. The molecule has 0 spiro atoms. The fraction of sp³-hybridized carbons (Fsp3) is 0.458. The van der Waals surface area contributed by atoms with Gasteiger partial charge in [-0.3, -0.25) is 4.90 Å². The molecule has 0 amide bonds. The quantitative estimate of drug-likeness (QED) is 0.683. The van der Waals surface area contributed by atoms with Gasteiger partial charge in [-0.25, -0.2) is 0 Å². The summed E-state index contributed by atoms with van der Waals surface area (Å²) in [7, 11) is 0. The fourth-order valence-electron chi connectivity index (χ4n) is 4.37. The number of fused-ring (bicyclic) bond motifs is 2. The topological polar surface area (TPSA) is 59.1 Å². The van der Waals surface area contributed by atoms with Crippen molar-refractivity contribution in [1.82, 2.24) is 9.88 Å². The predicted octanol–water partition coefficient (Wildman–Crippen LogP) is 3.66. The molecule has 1 N–H and O–H groups in total. The third-order valence-corrected chi connectivity index (χ3v) is 6.06. The lowest BCUT2D eigenvalue weighted by Crippen LogP contribution is -2.46. The first-order chi connectivity index (χ1) is 15.4. The van der Waals surface area contributed by atoms with Crippen LogP contribution in [0.1, 0.15) is 24.8 Å². The molecular formula is C24H30N4O3. The second-order valence-electron chi connectivity index (χ2n) is 8.16. The van der Waals surface area contributed by atoms with Crippen molar-refractivity contribution >= 4 is 11.5 Å². The minimum atomic E-state index is 0.632. The molecule has 164 valence electrons. The number of para-hydroxylation sites is 1. The molecule has 1 aromatic heterocycles. The monoisotopic (exact) mass is 422 g/mol. The van der Waals surface area contributed by atoms with E-state index in [1.807, 2.05) is 12.1 Å². The first-order valence-corrected chi connectivity index (χ1v) is 11.3. The van der Waals surface area contributed by atoms with Crippen LogP contribution in [-0.4, -0.2) is 55.8 Å². The predicted molar refractivity (Wildman–Crippen MR) is 121 cm³/mol. The number of hydrogen-bond donors (Lipinski definition) is 1. The summed E-state index contributed by atoms with van der Waals surface area (Å²) in [5.41, 5.74) is 2.64. The van der Waals surface area contributed by atoms with Crippen molar-refractivity contribution in [1.29, 1.82) is 0 Å². The van der Waals surface area contributed by atoms with Crippen LogP contribution in [-0.2, 0) is 6.42 Å². The number of pyridine rings is 1. The lowest BCUT2D eigenvalue weighted by molar-refractivity contribution is 0.235. The van der Waals surface area contributed by atoms with E-state index >= 15 is 0 Å². The number of aromatic nitrogens is 1. The van der Waals surface area contributed by atoms with Crippen molar-refractivity contribution in [3.63, 3.8) is 0 Å². The Hall–Kier alpha value is -2.93. The number of aryl methyl sites for hydroxylation is 1. The summed E-state index contributed by atoms with van der Waals surface area (Å²) < 4.78 is 17.2. The first-order valence-electron chi connectivity index (χ1n) is 11.3. The standard InChI is InChI=1S/C24H30N4O3/c1(2-16-30-22-9-8-21-24(26-22)25-10-18-29-21)11-27-12-14-28(15-13-27)20-7-3-5-19-6-4-17-31-23(19)20/h3,5,7-10,18H,1-2,4,6,11-17H2,(H,25,26). The molecule has 2 aromatic rings. The normalized spacial score (nSPS) is 17.7. The van der Waals surface area contributed by atoms with Gasteiger partial charge in [-0.1, -0.05) is 12.1 Å². The van der Waals surface area contributed by atoms with Crippen molar-refractivity contribution < 1.29 is 14.2 Å². The molecule has 0 aliphatic carbocycles. The zero-order valence-electron chi connectivity index (χ0n) is 17.9. The van der Waals surface area contributed by atoms with Crippen molar-refractivity contribution in [2.45, 2.75) is 25.7 Å². The van der Waals surface area contributed by atoms with E-state index in [0.29, 0.717) is 18.3 Å².